The van der Waals surface area contributed by atoms with Crippen molar-refractivity contribution in [3.05, 3.63) is 35.6 Å². The zero-order chi connectivity index (χ0) is 14.8. The van der Waals surface area contributed by atoms with Gasteiger partial charge in [0.1, 0.15) is 5.82 Å². The molecule has 0 saturated heterocycles. The maximum Gasteiger partial charge on any atom is 0.305 e. The fourth-order valence-corrected chi connectivity index (χ4v) is 4.01. The van der Waals surface area contributed by atoms with Crippen LogP contribution in [0.5, 0.6) is 0 Å². The van der Waals surface area contributed by atoms with Gasteiger partial charge in [0.2, 0.25) is 10.0 Å². The fraction of sp³-hybridized carbons (Fsp3) is 0.462. The predicted octanol–water partition coefficient (Wildman–Crippen LogP) is 1.64. The van der Waals surface area contributed by atoms with Crippen LogP contribution in [0.3, 0.4) is 0 Å². The molecule has 110 valence electrons. The van der Waals surface area contributed by atoms with Crippen LogP contribution in [0, 0.1) is 5.82 Å². The van der Waals surface area contributed by atoms with Crippen molar-refractivity contribution >= 4 is 16.0 Å². The van der Waals surface area contributed by atoms with Gasteiger partial charge in [0, 0.05) is 5.54 Å². The van der Waals surface area contributed by atoms with E-state index in [1.807, 2.05) is 0 Å². The van der Waals surface area contributed by atoms with E-state index in [4.69, 9.17) is 5.11 Å². The zero-order valence-corrected chi connectivity index (χ0v) is 11.6. The molecule has 1 fully saturated rings. The fourth-order valence-electron chi connectivity index (χ4n) is 2.37. The zero-order valence-electron chi connectivity index (χ0n) is 10.8. The van der Waals surface area contributed by atoms with E-state index < -0.39 is 27.3 Å². The number of benzene rings is 1. The second-order valence-corrected chi connectivity index (χ2v) is 6.91. The second-order valence-electron chi connectivity index (χ2n) is 5.19. The lowest BCUT2D eigenvalue weighted by molar-refractivity contribution is -0.139. The average molecular weight is 301 g/mol. The number of halogens is 1. The molecule has 7 heteroatoms. The summed E-state index contributed by atoms with van der Waals surface area (Å²) in [5, 5.41) is 8.85. The van der Waals surface area contributed by atoms with Crippen LogP contribution < -0.4 is 4.72 Å². The van der Waals surface area contributed by atoms with Crippen LogP contribution in [0.25, 0.3) is 0 Å². The van der Waals surface area contributed by atoms with Gasteiger partial charge in [-0.05, 0) is 37.0 Å². The summed E-state index contributed by atoms with van der Waals surface area (Å²) < 4.78 is 39.4. The topological polar surface area (TPSA) is 83.5 Å². The first kappa shape index (κ1) is 14.9. The molecule has 0 aromatic heterocycles. The number of carbonyl (C=O) groups is 1. The lowest BCUT2D eigenvalue weighted by atomic mass is 9.75. The number of hydrogen-bond donors (Lipinski definition) is 2. The van der Waals surface area contributed by atoms with Gasteiger partial charge in [0.25, 0.3) is 0 Å². The molecule has 0 atom stereocenters. The Kier molecular flexibility index (Phi) is 4.10. The highest BCUT2D eigenvalue weighted by Crippen LogP contribution is 2.35. The van der Waals surface area contributed by atoms with Crippen LogP contribution in [0.4, 0.5) is 4.39 Å². The van der Waals surface area contributed by atoms with Crippen molar-refractivity contribution in [2.24, 2.45) is 0 Å². The molecule has 0 bridgehead atoms. The third kappa shape index (κ3) is 3.77. The number of hydrogen-bond acceptors (Lipinski definition) is 3. The van der Waals surface area contributed by atoms with Gasteiger partial charge in [0.05, 0.1) is 12.2 Å². The Hall–Kier alpha value is -1.47. The molecular weight excluding hydrogens is 285 g/mol. The number of aliphatic carboxylic acids is 1. The van der Waals surface area contributed by atoms with Gasteiger partial charge in [-0.2, -0.15) is 0 Å². The van der Waals surface area contributed by atoms with Crippen LogP contribution in [0.2, 0.25) is 0 Å². The summed E-state index contributed by atoms with van der Waals surface area (Å²) in [4.78, 5) is 10.8. The molecule has 2 rings (SSSR count). The molecule has 0 radical (unpaired) electrons. The number of rotatable bonds is 6. The highest BCUT2D eigenvalue weighted by atomic mass is 32.2. The molecule has 1 aromatic carbocycles. The molecule has 0 aliphatic heterocycles. The Bertz CT molecular complexity index is 593. The third-order valence-electron chi connectivity index (χ3n) is 3.44. The van der Waals surface area contributed by atoms with Gasteiger partial charge in [-0.1, -0.05) is 12.1 Å². The number of carboxylic acids is 1. The van der Waals surface area contributed by atoms with E-state index in [9.17, 15) is 17.6 Å². The molecule has 20 heavy (non-hydrogen) atoms. The Labute approximate surface area is 116 Å². The van der Waals surface area contributed by atoms with Crippen molar-refractivity contribution in [2.75, 3.05) is 0 Å². The largest absolute Gasteiger partial charge is 0.481 e. The summed E-state index contributed by atoms with van der Waals surface area (Å²) in [6, 6.07) is 5.20. The molecular formula is C13H16FNO4S. The monoisotopic (exact) mass is 301 g/mol. The number of carboxylic acid groups (broad SMARTS) is 1. The maximum absolute atomic E-state index is 12.8. The lowest BCUT2D eigenvalue weighted by Crippen LogP contribution is -2.54. The molecule has 1 aromatic rings. The van der Waals surface area contributed by atoms with Gasteiger partial charge in [-0.15, -0.1) is 0 Å². The Morgan fingerprint density at radius 2 is 1.90 bits per heavy atom. The second kappa shape index (κ2) is 5.49. The van der Waals surface area contributed by atoms with Crippen LogP contribution in [-0.2, 0) is 20.6 Å². The first-order chi connectivity index (χ1) is 9.30. The Morgan fingerprint density at radius 3 is 2.35 bits per heavy atom. The van der Waals surface area contributed by atoms with E-state index >= 15 is 0 Å². The summed E-state index contributed by atoms with van der Waals surface area (Å²) in [7, 11) is -3.65. The molecule has 0 unspecified atom stereocenters. The SMILES string of the molecule is O=C(O)CC1(NS(=O)(=O)Cc2ccc(F)cc2)CCC1. The third-order valence-corrected chi connectivity index (χ3v) is 4.90. The molecule has 1 aliphatic carbocycles. The smallest absolute Gasteiger partial charge is 0.305 e. The van der Waals surface area contributed by atoms with Crippen molar-refractivity contribution in [3.63, 3.8) is 0 Å². The molecule has 0 amide bonds. The van der Waals surface area contributed by atoms with E-state index in [0.717, 1.165) is 6.42 Å². The standard InChI is InChI=1S/C13H16FNO4S/c14-11-4-2-10(3-5-11)9-20(18,19)15-13(6-1-7-13)8-12(16)17/h2-5,15H,1,6-9H2,(H,16,17). The molecule has 2 N–H and O–H groups in total. The van der Waals surface area contributed by atoms with E-state index in [-0.39, 0.29) is 12.2 Å². The lowest BCUT2D eigenvalue weighted by Gasteiger charge is -2.41. The quantitative estimate of drug-likeness (QED) is 0.836. The van der Waals surface area contributed by atoms with Gasteiger partial charge in [-0.25, -0.2) is 17.5 Å². The highest BCUT2D eigenvalue weighted by Gasteiger charge is 2.42. The van der Waals surface area contributed by atoms with Crippen LogP contribution in [0.15, 0.2) is 24.3 Å². The van der Waals surface area contributed by atoms with Crippen molar-refractivity contribution in [3.8, 4) is 0 Å². The van der Waals surface area contributed by atoms with Gasteiger partial charge >= 0.3 is 5.97 Å². The minimum absolute atomic E-state index is 0.213. The molecule has 1 saturated carbocycles. The molecule has 1 aliphatic rings. The molecule has 0 heterocycles. The Morgan fingerprint density at radius 1 is 1.30 bits per heavy atom. The summed E-state index contributed by atoms with van der Waals surface area (Å²) in [5.41, 5.74) is -0.395. The Balaban J connectivity index is 2.06. The highest BCUT2D eigenvalue weighted by molar-refractivity contribution is 7.88. The summed E-state index contributed by atoms with van der Waals surface area (Å²) in [6.45, 7) is 0. The molecule has 0 spiro atoms. The summed E-state index contributed by atoms with van der Waals surface area (Å²) in [5.74, 6) is -1.73. The maximum atomic E-state index is 12.8. The first-order valence-corrected chi connectivity index (χ1v) is 7.93. The van der Waals surface area contributed by atoms with Gasteiger partial charge in [0.15, 0.2) is 0 Å². The van der Waals surface area contributed by atoms with Gasteiger partial charge < -0.3 is 5.11 Å². The van der Waals surface area contributed by atoms with Gasteiger partial charge in [-0.3, -0.25) is 4.79 Å². The average Bonchev–Trinajstić information content (AvgIpc) is 2.28. The van der Waals surface area contributed by atoms with Crippen molar-refractivity contribution < 1.29 is 22.7 Å². The van der Waals surface area contributed by atoms with Crippen LogP contribution in [-0.4, -0.2) is 25.0 Å². The van der Waals surface area contributed by atoms with E-state index in [1.165, 1.54) is 24.3 Å². The summed E-state index contributed by atoms with van der Waals surface area (Å²) >= 11 is 0. The van der Waals surface area contributed by atoms with E-state index in [0.29, 0.717) is 18.4 Å². The number of nitrogens with one attached hydrogen (secondary N) is 1. The normalized spacial score (nSPS) is 17.4. The predicted molar refractivity (Wildman–Crippen MR) is 71.0 cm³/mol. The van der Waals surface area contributed by atoms with E-state index in [1.54, 1.807) is 0 Å². The van der Waals surface area contributed by atoms with E-state index in [2.05, 4.69) is 4.72 Å². The summed E-state index contributed by atoms with van der Waals surface area (Å²) in [6.07, 6.45) is 1.66. The van der Waals surface area contributed by atoms with Crippen LogP contribution in [0.1, 0.15) is 31.2 Å². The van der Waals surface area contributed by atoms with Crippen molar-refractivity contribution in [1.29, 1.82) is 0 Å². The van der Waals surface area contributed by atoms with Crippen LogP contribution >= 0.6 is 0 Å². The van der Waals surface area contributed by atoms with Crippen molar-refractivity contribution in [1.82, 2.24) is 4.72 Å². The minimum Gasteiger partial charge on any atom is -0.481 e. The minimum atomic E-state index is -3.65. The molecule has 5 nitrogen and oxygen atoms in total. The van der Waals surface area contributed by atoms with Crippen molar-refractivity contribution in [2.45, 2.75) is 37.0 Å². The number of sulfonamides is 1. The first-order valence-electron chi connectivity index (χ1n) is 6.28.